The van der Waals surface area contributed by atoms with Gasteiger partial charge in [-0.25, -0.2) is 0 Å². The van der Waals surface area contributed by atoms with Gasteiger partial charge in [0.05, 0.1) is 5.75 Å². The first-order valence-corrected chi connectivity index (χ1v) is 7.02. The first-order chi connectivity index (χ1) is 8.20. The minimum atomic E-state index is -4.12. The minimum absolute atomic E-state index is 0.238. The Morgan fingerprint density at radius 2 is 1.67 bits per heavy atom. The molecule has 0 saturated heterocycles. The fourth-order valence-corrected chi connectivity index (χ4v) is 2.68. The highest BCUT2D eigenvalue weighted by Crippen LogP contribution is 2.34. The van der Waals surface area contributed by atoms with Crippen molar-refractivity contribution in [3.63, 3.8) is 0 Å². The largest absolute Gasteiger partial charge is 0.398 e. The van der Waals surface area contributed by atoms with Gasteiger partial charge in [0, 0.05) is 4.90 Å². The number of hydrogen-bond acceptors (Lipinski definition) is 1. The van der Waals surface area contributed by atoms with E-state index in [1.807, 2.05) is 45.9 Å². The fraction of sp³-hybridized carbons (Fsp3) is 0.571. The second-order valence-corrected chi connectivity index (χ2v) is 6.03. The quantitative estimate of drug-likeness (QED) is 0.646. The molecule has 0 aromatic heterocycles. The lowest BCUT2D eigenvalue weighted by molar-refractivity contribution is -0.105. The van der Waals surface area contributed by atoms with Crippen LogP contribution in [0.1, 0.15) is 50.7 Å². The van der Waals surface area contributed by atoms with Crippen molar-refractivity contribution in [1.82, 2.24) is 0 Å². The maximum atomic E-state index is 12.3. The first kappa shape index (κ1) is 15.4. The first-order valence-electron chi connectivity index (χ1n) is 6.04. The van der Waals surface area contributed by atoms with Crippen LogP contribution in [0.4, 0.5) is 13.2 Å². The Morgan fingerprint density at radius 3 is 2.11 bits per heavy atom. The van der Waals surface area contributed by atoms with E-state index < -0.39 is 11.9 Å². The third kappa shape index (κ3) is 4.56. The Hall–Kier alpha value is -0.640. The molecule has 0 aliphatic heterocycles. The Balaban J connectivity index is 3.00. The van der Waals surface area contributed by atoms with Crippen LogP contribution in [-0.2, 0) is 0 Å². The molecule has 0 nitrogen and oxygen atoms in total. The molecule has 0 fully saturated rings. The summed E-state index contributed by atoms with van der Waals surface area (Å²) in [6, 6.07) is 5.87. The summed E-state index contributed by atoms with van der Waals surface area (Å²) in [6.07, 6.45) is -4.12. The van der Waals surface area contributed by atoms with Crippen LogP contribution in [0, 0.1) is 0 Å². The van der Waals surface area contributed by atoms with Crippen molar-refractivity contribution in [3.8, 4) is 0 Å². The minimum Gasteiger partial charge on any atom is -0.170 e. The van der Waals surface area contributed by atoms with E-state index in [1.54, 1.807) is 0 Å². The van der Waals surface area contributed by atoms with Gasteiger partial charge in [-0.1, -0.05) is 39.8 Å². The molecule has 0 aliphatic carbocycles. The summed E-state index contributed by atoms with van der Waals surface area (Å²) in [6.45, 7) is 8.09. The molecule has 0 amide bonds. The van der Waals surface area contributed by atoms with Crippen molar-refractivity contribution >= 4 is 11.8 Å². The van der Waals surface area contributed by atoms with Crippen LogP contribution in [0.2, 0.25) is 0 Å². The molecule has 1 aromatic carbocycles. The lowest BCUT2D eigenvalue weighted by atomic mass is 9.97. The van der Waals surface area contributed by atoms with E-state index in [0.29, 0.717) is 5.92 Å². The van der Waals surface area contributed by atoms with Gasteiger partial charge < -0.3 is 0 Å². The smallest absolute Gasteiger partial charge is 0.170 e. The summed E-state index contributed by atoms with van der Waals surface area (Å²) in [5, 5.41) is 0. The Labute approximate surface area is 111 Å². The van der Waals surface area contributed by atoms with E-state index in [4.69, 9.17) is 0 Å². The van der Waals surface area contributed by atoms with E-state index in [0.717, 1.165) is 27.8 Å². The highest BCUT2D eigenvalue weighted by molar-refractivity contribution is 7.99. The fourth-order valence-electron chi connectivity index (χ4n) is 1.67. The van der Waals surface area contributed by atoms with Crippen molar-refractivity contribution in [2.75, 3.05) is 5.75 Å². The second-order valence-electron chi connectivity index (χ2n) is 5.01. The summed E-state index contributed by atoms with van der Waals surface area (Å²) in [5.74, 6) is -0.257. The topological polar surface area (TPSA) is 0 Å². The SMILES string of the molecule is CC(C)c1ccc(C(C)C)c(SCC(F)(F)F)c1. The third-order valence-electron chi connectivity index (χ3n) is 2.72. The monoisotopic (exact) mass is 276 g/mol. The number of halogens is 3. The predicted octanol–water partition coefficient (Wildman–Crippen LogP) is 5.59. The van der Waals surface area contributed by atoms with Crippen molar-refractivity contribution < 1.29 is 13.2 Å². The summed E-state index contributed by atoms with van der Waals surface area (Å²) in [7, 11) is 0. The zero-order valence-electron chi connectivity index (χ0n) is 11.1. The standard InChI is InChI=1S/C14H19F3S/c1-9(2)11-5-6-12(10(3)4)13(7-11)18-8-14(15,16)17/h5-7,9-10H,8H2,1-4H3. The van der Waals surface area contributed by atoms with Crippen LogP contribution in [0.15, 0.2) is 23.1 Å². The van der Waals surface area contributed by atoms with Gasteiger partial charge in [0.2, 0.25) is 0 Å². The van der Waals surface area contributed by atoms with Gasteiger partial charge in [0.25, 0.3) is 0 Å². The van der Waals surface area contributed by atoms with Crippen molar-refractivity contribution in [2.24, 2.45) is 0 Å². The van der Waals surface area contributed by atoms with Crippen molar-refractivity contribution in [2.45, 2.75) is 50.6 Å². The van der Waals surface area contributed by atoms with Gasteiger partial charge in [0.1, 0.15) is 0 Å². The number of alkyl halides is 3. The average Bonchev–Trinajstić information content (AvgIpc) is 2.24. The van der Waals surface area contributed by atoms with Crippen molar-refractivity contribution in [1.29, 1.82) is 0 Å². The summed E-state index contributed by atoms with van der Waals surface area (Å²) in [5.41, 5.74) is 2.08. The molecular weight excluding hydrogens is 257 g/mol. The van der Waals surface area contributed by atoms with Gasteiger partial charge in [-0.05, 0) is 29.0 Å². The zero-order chi connectivity index (χ0) is 13.9. The van der Waals surface area contributed by atoms with Crippen LogP contribution in [-0.4, -0.2) is 11.9 Å². The van der Waals surface area contributed by atoms with Crippen LogP contribution in [0.3, 0.4) is 0 Å². The molecule has 0 unspecified atom stereocenters. The molecule has 0 atom stereocenters. The highest BCUT2D eigenvalue weighted by Gasteiger charge is 2.28. The summed E-state index contributed by atoms with van der Waals surface area (Å²) in [4.78, 5) is 0.758. The summed E-state index contributed by atoms with van der Waals surface area (Å²) >= 11 is 0.889. The molecule has 4 heteroatoms. The molecule has 0 aliphatic rings. The van der Waals surface area contributed by atoms with Gasteiger partial charge in [-0.15, -0.1) is 11.8 Å². The maximum Gasteiger partial charge on any atom is 0.398 e. The Bertz CT molecular complexity index is 395. The second kappa shape index (κ2) is 6.00. The van der Waals surface area contributed by atoms with E-state index in [9.17, 15) is 13.2 Å². The van der Waals surface area contributed by atoms with Gasteiger partial charge in [0.15, 0.2) is 0 Å². The normalized spacial score (nSPS) is 12.5. The van der Waals surface area contributed by atoms with Crippen molar-refractivity contribution in [3.05, 3.63) is 29.3 Å². The molecule has 1 aromatic rings. The van der Waals surface area contributed by atoms with Gasteiger partial charge in [-0.3, -0.25) is 0 Å². The van der Waals surface area contributed by atoms with E-state index >= 15 is 0 Å². The molecule has 0 spiro atoms. The molecule has 0 N–H and O–H groups in total. The number of thioether (sulfide) groups is 1. The molecule has 0 radical (unpaired) electrons. The molecule has 0 bridgehead atoms. The Kier molecular flexibility index (Phi) is 5.14. The lowest BCUT2D eigenvalue weighted by Gasteiger charge is -2.16. The number of hydrogen-bond donors (Lipinski definition) is 0. The number of rotatable bonds is 4. The molecule has 1 rings (SSSR count). The van der Waals surface area contributed by atoms with Gasteiger partial charge in [-0.2, -0.15) is 13.2 Å². The molecular formula is C14H19F3S. The van der Waals surface area contributed by atoms with Gasteiger partial charge >= 0.3 is 6.18 Å². The molecule has 0 saturated carbocycles. The van der Waals surface area contributed by atoms with Crippen LogP contribution < -0.4 is 0 Å². The van der Waals surface area contributed by atoms with E-state index in [2.05, 4.69) is 0 Å². The molecule has 102 valence electrons. The van der Waals surface area contributed by atoms with Crippen LogP contribution in [0.25, 0.3) is 0 Å². The Morgan fingerprint density at radius 1 is 1.06 bits per heavy atom. The molecule has 0 heterocycles. The zero-order valence-corrected chi connectivity index (χ0v) is 12.0. The maximum absolute atomic E-state index is 12.3. The van der Waals surface area contributed by atoms with Crippen LogP contribution in [0.5, 0.6) is 0 Å². The van der Waals surface area contributed by atoms with Crippen LogP contribution >= 0.6 is 11.8 Å². The highest BCUT2D eigenvalue weighted by atomic mass is 32.2. The predicted molar refractivity (Wildman–Crippen MR) is 71.4 cm³/mol. The lowest BCUT2D eigenvalue weighted by Crippen LogP contribution is -2.11. The molecule has 18 heavy (non-hydrogen) atoms. The average molecular weight is 276 g/mol. The number of benzene rings is 1. The summed E-state index contributed by atoms with van der Waals surface area (Å²) < 4.78 is 36.9. The third-order valence-corrected chi connectivity index (χ3v) is 3.85. The van der Waals surface area contributed by atoms with E-state index in [1.165, 1.54) is 0 Å². The van der Waals surface area contributed by atoms with E-state index in [-0.39, 0.29) is 5.92 Å².